The van der Waals surface area contributed by atoms with Crippen molar-refractivity contribution < 1.29 is 9.59 Å². The number of hydrogen-bond acceptors (Lipinski definition) is 8. The van der Waals surface area contributed by atoms with Crippen LogP contribution in [0.15, 0.2) is 54.7 Å². The van der Waals surface area contributed by atoms with Crippen LogP contribution < -0.4 is 15.5 Å². The average Bonchev–Trinajstić information content (AvgIpc) is 3.33. The van der Waals surface area contributed by atoms with Gasteiger partial charge in [0.1, 0.15) is 16.3 Å². The van der Waals surface area contributed by atoms with E-state index in [1.165, 1.54) is 4.90 Å². The molecule has 3 aromatic heterocycles. The Hall–Kier alpha value is -3.89. The minimum Gasteiger partial charge on any atom is -0.352 e. The van der Waals surface area contributed by atoms with Crippen LogP contribution in [0.3, 0.4) is 0 Å². The van der Waals surface area contributed by atoms with Crippen molar-refractivity contribution in [1.82, 2.24) is 19.9 Å². The molecule has 0 atom stereocenters. The second-order valence-electron chi connectivity index (χ2n) is 8.84. The number of hydrogen-bond donors (Lipinski definition) is 1. The molecule has 5 rings (SSSR count). The summed E-state index contributed by atoms with van der Waals surface area (Å²) >= 11 is 1.57. The van der Waals surface area contributed by atoms with E-state index in [4.69, 9.17) is 10.7 Å². The first kappa shape index (κ1) is 24.8. The number of rotatable bonds is 6. The third-order valence-electron chi connectivity index (χ3n) is 6.47. The first-order valence-electron chi connectivity index (χ1n) is 12.3. The normalized spacial score (nSPS) is 13.7. The summed E-state index contributed by atoms with van der Waals surface area (Å²) in [5, 5.41) is 0.959. The second kappa shape index (κ2) is 10.6. The topological polar surface area (TPSA) is 109 Å². The van der Waals surface area contributed by atoms with Crippen molar-refractivity contribution in [2.45, 2.75) is 13.8 Å². The molecule has 1 aromatic carbocycles. The smallest absolute Gasteiger partial charge is 0.272 e. The zero-order chi connectivity index (χ0) is 25.9. The fourth-order valence-corrected chi connectivity index (χ4v) is 5.39. The Morgan fingerprint density at radius 2 is 1.78 bits per heavy atom. The lowest BCUT2D eigenvalue weighted by atomic mass is 10.1. The molecule has 0 spiro atoms. The van der Waals surface area contributed by atoms with Crippen LogP contribution in [0.2, 0.25) is 0 Å². The molecule has 0 aliphatic carbocycles. The molecule has 1 aliphatic heterocycles. The molecule has 190 valence electrons. The van der Waals surface area contributed by atoms with E-state index in [0.717, 1.165) is 32.0 Å². The lowest BCUT2D eigenvalue weighted by molar-refractivity contribution is -0.117. The number of amides is 2. The Bertz CT molecular complexity index is 1410. The molecule has 9 nitrogen and oxygen atoms in total. The molecule has 0 bridgehead atoms. The van der Waals surface area contributed by atoms with Crippen LogP contribution in [0, 0.1) is 6.92 Å². The van der Waals surface area contributed by atoms with Crippen molar-refractivity contribution >= 4 is 45.1 Å². The number of carbonyl (C=O) groups is 2. The number of nitrogens with zero attached hydrogens (tertiary/aromatic N) is 6. The average molecular weight is 516 g/mol. The standard InChI is InChI=1S/C27H29N7O2S/c1-3-34(23(35)16-28)27-30-24(21-15-18(2)37-25(21)31-27)32-11-13-33(14-12-32)26(36)22-10-9-20(17-29-22)19-7-5-4-6-8-19/h4-10,15,17H,3,11-14,16,28H2,1-2H3. The van der Waals surface area contributed by atoms with Gasteiger partial charge in [-0.25, -0.2) is 4.98 Å². The van der Waals surface area contributed by atoms with Gasteiger partial charge in [-0.1, -0.05) is 36.4 Å². The highest BCUT2D eigenvalue weighted by Crippen LogP contribution is 2.33. The third kappa shape index (κ3) is 5.03. The predicted molar refractivity (Wildman–Crippen MR) is 147 cm³/mol. The SMILES string of the molecule is CCN(C(=O)CN)c1nc(N2CCN(C(=O)c3ccc(-c4ccccc4)cn3)CC2)c2cc(C)sc2n1. The molecular formula is C27H29N7O2S. The zero-order valence-corrected chi connectivity index (χ0v) is 21.7. The summed E-state index contributed by atoms with van der Waals surface area (Å²) < 4.78 is 0. The lowest BCUT2D eigenvalue weighted by Crippen LogP contribution is -2.49. The van der Waals surface area contributed by atoms with E-state index in [1.807, 2.05) is 55.1 Å². The number of carbonyl (C=O) groups excluding carboxylic acids is 2. The van der Waals surface area contributed by atoms with Gasteiger partial charge in [0.2, 0.25) is 11.9 Å². The number of anilines is 2. The van der Waals surface area contributed by atoms with Crippen LogP contribution in [-0.2, 0) is 4.79 Å². The van der Waals surface area contributed by atoms with Crippen molar-refractivity contribution in [3.8, 4) is 11.1 Å². The Morgan fingerprint density at radius 1 is 1.03 bits per heavy atom. The Kier molecular flexibility index (Phi) is 7.11. The van der Waals surface area contributed by atoms with Gasteiger partial charge in [0, 0.05) is 49.4 Å². The van der Waals surface area contributed by atoms with Crippen LogP contribution in [0.25, 0.3) is 21.3 Å². The summed E-state index contributed by atoms with van der Waals surface area (Å²) in [5.74, 6) is 0.848. The molecule has 2 N–H and O–H groups in total. The monoisotopic (exact) mass is 515 g/mol. The molecule has 0 unspecified atom stereocenters. The van der Waals surface area contributed by atoms with Gasteiger partial charge in [0.25, 0.3) is 5.91 Å². The molecule has 1 aliphatic rings. The first-order chi connectivity index (χ1) is 18.0. The van der Waals surface area contributed by atoms with Crippen LogP contribution in [-0.4, -0.2) is 70.9 Å². The van der Waals surface area contributed by atoms with E-state index >= 15 is 0 Å². The summed E-state index contributed by atoms with van der Waals surface area (Å²) in [7, 11) is 0. The number of pyridine rings is 1. The first-order valence-corrected chi connectivity index (χ1v) is 13.1. The number of nitrogens with two attached hydrogens (primary N) is 1. The molecule has 1 saturated heterocycles. The fraction of sp³-hybridized carbons (Fsp3) is 0.296. The number of likely N-dealkylation sites (N-methyl/N-ethyl adjacent to an activating group) is 1. The number of benzene rings is 1. The van der Waals surface area contributed by atoms with Crippen LogP contribution in [0.4, 0.5) is 11.8 Å². The highest BCUT2D eigenvalue weighted by atomic mass is 32.1. The summed E-state index contributed by atoms with van der Waals surface area (Å²) in [4.78, 5) is 46.9. The fourth-order valence-electron chi connectivity index (χ4n) is 4.52. The zero-order valence-electron chi connectivity index (χ0n) is 20.9. The van der Waals surface area contributed by atoms with Crippen LogP contribution in [0.1, 0.15) is 22.3 Å². The number of aromatic nitrogens is 3. The molecule has 4 heterocycles. The van der Waals surface area contributed by atoms with Gasteiger partial charge in [-0.15, -0.1) is 11.3 Å². The molecule has 37 heavy (non-hydrogen) atoms. The minimum absolute atomic E-state index is 0.0788. The quantitative estimate of drug-likeness (QED) is 0.420. The second-order valence-corrected chi connectivity index (χ2v) is 10.1. The van der Waals surface area contributed by atoms with Gasteiger partial charge >= 0.3 is 0 Å². The number of thiophene rings is 1. The largest absolute Gasteiger partial charge is 0.352 e. The van der Waals surface area contributed by atoms with E-state index in [-0.39, 0.29) is 18.4 Å². The maximum Gasteiger partial charge on any atom is 0.272 e. The summed E-state index contributed by atoms with van der Waals surface area (Å²) in [6, 6.07) is 15.8. The Morgan fingerprint density at radius 3 is 2.43 bits per heavy atom. The van der Waals surface area contributed by atoms with Gasteiger partial charge in [-0.3, -0.25) is 19.5 Å². The van der Waals surface area contributed by atoms with E-state index in [0.29, 0.717) is 44.4 Å². The van der Waals surface area contributed by atoms with E-state index in [2.05, 4.69) is 20.9 Å². The van der Waals surface area contributed by atoms with E-state index in [9.17, 15) is 9.59 Å². The highest BCUT2D eigenvalue weighted by Gasteiger charge is 2.27. The molecule has 10 heteroatoms. The molecule has 0 saturated carbocycles. The van der Waals surface area contributed by atoms with Gasteiger partial charge in [-0.2, -0.15) is 4.98 Å². The van der Waals surface area contributed by atoms with Gasteiger partial charge in [0.15, 0.2) is 0 Å². The van der Waals surface area contributed by atoms with Gasteiger partial charge in [-0.05, 0) is 31.5 Å². The molecule has 2 amide bonds. The van der Waals surface area contributed by atoms with Crippen molar-refractivity contribution in [2.75, 3.05) is 49.1 Å². The number of aryl methyl sites for hydroxylation is 1. The Balaban J connectivity index is 1.33. The van der Waals surface area contributed by atoms with Crippen molar-refractivity contribution in [3.63, 3.8) is 0 Å². The van der Waals surface area contributed by atoms with Gasteiger partial charge in [0.05, 0.1) is 11.9 Å². The number of piperazine rings is 1. The highest BCUT2D eigenvalue weighted by molar-refractivity contribution is 7.18. The summed E-state index contributed by atoms with van der Waals surface area (Å²) in [6.45, 7) is 6.57. The van der Waals surface area contributed by atoms with E-state index in [1.54, 1.807) is 23.6 Å². The van der Waals surface area contributed by atoms with Crippen molar-refractivity contribution in [1.29, 1.82) is 0 Å². The van der Waals surface area contributed by atoms with Crippen molar-refractivity contribution in [3.05, 3.63) is 65.3 Å². The Labute approximate surface area is 219 Å². The maximum absolute atomic E-state index is 13.2. The lowest BCUT2D eigenvalue weighted by Gasteiger charge is -2.35. The molecule has 0 radical (unpaired) electrons. The van der Waals surface area contributed by atoms with Gasteiger partial charge < -0.3 is 15.5 Å². The van der Waals surface area contributed by atoms with Crippen LogP contribution in [0.5, 0.6) is 0 Å². The third-order valence-corrected chi connectivity index (χ3v) is 7.42. The molecular weight excluding hydrogens is 486 g/mol. The number of fused-ring (bicyclic) bond motifs is 1. The van der Waals surface area contributed by atoms with Crippen molar-refractivity contribution in [2.24, 2.45) is 5.73 Å². The predicted octanol–water partition coefficient (Wildman–Crippen LogP) is 3.34. The molecule has 1 fully saturated rings. The van der Waals surface area contributed by atoms with Crippen LogP contribution >= 0.6 is 11.3 Å². The summed E-state index contributed by atoms with van der Waals surface area (Å²) in [5.41, 5.74) is 8.10. The minimum atomic E-state index is -0.220. The summed E-state index contributed by atoms with van der Waals surface area (Å²) in [6.07, 6.45) is 1.75. The maximum atomic E-state index is 13.2. The van der Waals surface area contributed by atoms with E-state index < -0.39 is 0 Å². The molecule has 4 aromatic rings.